The van der Waals surface area contributed by atoms with Gasteiger partial charge in [-0.3, -0.25) is 9.78 Å². The molecule has 0 radical (unpaired) electrons. The number of aliphatic carboxylic acids is 1. The molecule has 2 heterocycles. The molecule has 1 N–H and O–H groups in total. The molecule has 1 aromatic carbocycles. The molecule has 2 atom stereocenters. The first kappa shape index (κ1) is 22.1. The van der Waals surface area contributed by atoms with Crippen molar-refractivity contribution in [2.24, 2.45) is 0 Å². The fourth-order valence-electron chi connectivity index (χ4n) is 4.71. The van der Waals surface area contributed by atoms with Crippen molar-refractivity contribution < 1.29 is 23.8 Å². The van der Waals surface area contributed by atoms with Crippen molar-refractivity contribution in [3.05, 3.63) is 57.6 Å². The molecule has 2 saturated carbocycles. The highest BCUT2D eigenvalue weighted by Crippen LogP contribution is 2.45. The summed E-state index contributed by atoms with van der Waals surface area (Å²) in [5.41, 5.74) is 2.39. The summed E-state index contributed by atoms with van der Waals surface area (Å²) < 4.78 is 21.2. The molecule has 1 amide bonds. The Hall–Kier alpha value is -2.67. The normalized spacial score (nSPS) is 21.2. The van der Waals surface area contributed by atoms with E-state index in [0.717, 1.165) is 36.9 Å². The predicted molar refractivity (Wildman–Crippen MR) is 120 cm³/mol. The first-order valence-corrected chi connectivity index (χ1v) is 11.9. The number of hydrogen-bond donors (Lipinski definition) is 1. The highest BCUT2D eigenvalue weighted by Gasteiger charge is 2.37. The van der Waals surface area contributed by atoms with Crippen molar-refractivity contribution in [2.45, 2.75) is 69.4 Å². The number of rotatable bonds is 7. The zero-order valence-electron chi connectivity index (χ0n) is 18.4. The van der Waals surface area contributed by atoms with Crippen LogP contribution in [-0.4, -0.2) is 39.5 Å². The molecule has 1 unspecified atom stereocenters. The third kappa shape index (κ3) is 4.43. The van der Waals surface area contributed by atoms with Crippen molar-refractivity contribution in [2.75, 3.05) is 6.54 Å². The van der Waals surface area contributed by atoms with E-state index in [1.165, 1.54) is 11.0 Å². The summed E-state index contributed by atoms with van der Waals surface area (Å²) in [6.07, 6.45) is 6.29. The molecular formula is C25H26ClFN2O4. The number of hydrogen-bond acceptors (Lipinski definition) is 4. The highest BCUT2D eigenvalue weighted by molar-refractivity contribution is 6.31. The Balaban J connectivity index is 1.41. The zero-order chi connectivity index (χ0) is 23.3. The molecule has 8 heteroatoms. The van der Waals surface area contributed by atoms with Crippen LogP contribution in [0.3, 0.4) is 0 Å². The second kappa shape index (κ2) is 8.60. The number of amides is 1. The Morgan fingerprint density at radius 1 is 1.18 bits per heavy atom. The predicted octanol–water partition coefficient (Wildman–Crippen LogP) is 5.46. The van der Waals surface area contributed by atoms with Crippen LogP contribution in [0.1, 0.15) is 90.6 Å². The molecule has 0 bridgehead atoms. The van der Waals surface area contributed by atoms with Gasteiger partial charge in [0.15, 0.2) is 0 Å². The topological polar surface area (TPSA) is 79.7 Å². The molecule has 1 saturated heterocycles. The quantitative estimate of drug-likeness (QED) is 0.579. The van der Waals surface area contributed by atoms with Gasteiger partial charge in [0.05, 0.1) is 22.5 Å². The van der Waals surface area contributed by atoms with E-state index in [1.807, 2.05) is 6.92 Å². The number of carboxylic acid groups (broad SMARTS) is 1. The van der Waals surface area contributed by atoms with Gasteiger partial charge in [-0.1, -0.05) is 11.6 Å². The third-order valence-electron chi connectivity index (χ3n) is 6.78. The smallest absolute Gasteiger partial charge is 0.326 e. The average Bonchev–Trinajstić information content (AvgIpc) is 3.71. The van der Waals surface area contributed by atoms with Gasteiger partial charge < -0.3 is 14.7 Å². The number of carbonyl (C=O) groups excluding carboxylic acids is 1. The first-order valence-electron chi connectivity index (χ1n) is 11.5. The van der Waals surface area contributed by atoms with E-state index in [-0.39, 0.29) is 11.5 Å². The molecule has 174 valence electrons. The van der Waals surface area contributed by atoms with E-state index < -0.39 is 29.8 Å². The molecule has 0 spiro atoms. The van der Waals surface area contributed by atoms with Crippen LogP contribution in [0.2, 0.25) is 5.02 Å². The van der Waals surface area contributed by atoms with Crippen LogP contribution in [-0.2, 0) is 4.79 Å². The van der Waals surface area contributed by atoms with E-state index in [0.29, 0.717) is 41.6 Å². The van der Waals surface area contributed by atoms with Crippen LogP contribution in [0, 0.1) is 5.82 Å². The molecule has 3 aliphatic rings. The minimum atomic E-state index is -1.05. The molecule has 2 aliphatic carbocycles. The summed E-state index contributed by atoms with van der Waals surface area (Å²) in [7, 11) is 0. The van der Waals surface area contributed by atoms with Gasteiger partial charge in [-0.05, 0) is 74.6 Å². The Morgan fingerprint density at radius 3 is 2.55 bits per heavy atom. The van der Waals surface area contributed by atoms with E-state index in [1.54, 1.807) is 18.3 Å². The second-order valence-electron chi connectivity index (χ2n) is 9.30. The Labute approximate surface area is 196 Å². The maximum Gasteiger partial charge on any atom is 0.326 e. The number of nitrogens with zero attached hydrogens (tertiary/aromatic N) is 2. The number of benzene rings is 1. The molecular weight excluding hydrogens is 447 g/mol. The lowest BCUT2D eigenvalue weighted by molar-refractivity contribution is -0.141. The van der Waals surface area contributed by atoms with Gasteiger partial charge in [-0.2, -0.15) is 0 Å². The molecule has 6 nitrogen and oxygen atoms in total. The largest absolute Gasteiger partial charge is 0.484 e. The van der Waals surface area contributed by atoms with Crippen molar-refractivity contribution in [3.63, 3.8) is 0 Å². The average molecular weight is 473 g/mol. The summed E-state index contributed by atoms with van der Waals surface area (Å²) in [5.74, 6) is -1.09. The number of likely N-dealkylation sites (tertiary alicyclic amines) is 1. The lowest BCUT2D eigenvalue weighted by Crippen LogP contribution is -2.40. The van der Waals surface area contributed by atoms with Gasteiger partial charge in [0.25, 0.3) is 5.91 Å². The van der Waals surface area contributed by atoms with Gasteiger partial charge in [-0.15, -0.1) is 0 Å². The second-order valence-corrected chi connectivity index (χ2v) is 9.71. The number of carbonyl (C=O) groups is 2. The molecule has 5 rings (SSSR count). The number of aromatic nitrogens is 1. The van der Waals surface area contributed by atoms with Gasteiger partial charge >= 0.3 is 5.97 Å². The van der Waals surface area contributed by atoms with Crippen molar-refractivity contribution in [1.82, 2.24) is 9.88 Å². The van der Waals surface area contributed by atoms with E-state index >= 15 is 4.39 Å². The fraction of sp³-hybridized carbons (Fsp3) is 0.480. The maximum absolute atomic E-state index is 15.2. The molecule has 33 heavy (non-hydrogen) atoms. The lowest BCUT2D eigenvalue weighted by atomic mass is 9.95. The van der Waals surface area contributed by atoms with E-state index in [4.69, 9.17) is 16.3 Å². The number of carboxylic acids is 1. The lowest BCUT2D eigenvalue weighted by Gasteiger charge is -2.24. The maximum atomic E-state index is 15.2. The first-order chi connectivity index (χ1) is 15.8. The van der Waals surface area contributed by atoms with Crippen molar-refractivity contribution in [3.8, 4) is 5.75 Å². The van der Waals surface area contributed by atoms with Crippen molar-refractivity contribution in [1.29, 1.82) is 0 Å². The highest BCUT2D eigenvalue weighted by atomic mass is 35.5. The van der Waals surface area contributed by atoms with Gasteiger partial charge in [-0.25, -0.2) is 9.18 Å². The minimum Gasteiger partial charge on any atom is -0.484 e. The summed E-state index contributed by atoms with van der Waals surface area (Å²) in [4.78, 5) is 30.3. The van der Waals surface area contributed by atoms with Gasteiger partial charge in [0.1, 0.15) is 23.7 Å². The number of halogens is 2. The summed E-state index contributed by atoms with van der Waals surface area (Å²) in [6, 6.07) is 3.82. The van der Waals surface area contributed by atoms with Gasteiger partial charge in [0, 0.05) is 18.5 Å². The molecule has 3 fully saturated rings. The summed E-state index contributed by atoms with van der Waals surface area (Å²) >= 11 is 6.38. The SMILES string of the molecule is CC(Oc1cnc(C2CC2)c(Cl)c1)c1cc(F)c(C(=O)N2CCC[C@H]2C(=O)O)cc1C1CC1. The van der Waals surface area contributed by atoms with Gasteiger partial charge in [0.2, 0.25) is 0 Å². The van der Waals surface area contributed by atoms with E-state index in [9.17, 15) is 14.7 Å². The van der Waals surface area contributed by atoms with Crippen LogP contribution in [0.25, 0.3) is 0 Å². The zero-order valence-corrected chi connectivity index (χ0v) is 19.1. The Bertz CT molecular complexity index is 1120. The summed E-state index contributed by atoms with van der Waals surface area (Å²) in [5, 5.41) is 9.99. The Morgan fingerprint density at radius 2 is 1.91 bits per heavy atom. The van der Waals surface area contributed by atoms with Crippen molar-refractivity contribution >= 4 is 23.5 Å². The Kier molecular flexibility index (Phi) is 5.77. The third-order valence-corrected chi connectivity index (χ3v) is 7.08. The fourth-order valence-corrected chi connectivity index (χ4v) is 5.02. The van der Waals surface area contributed by atoms with Crippen LogP contribution < -0.4 is 4.74 Å². The molecule has 2 aromatic rings. The minimum absolute atomic E-state index is 0.0699. The number of pyridine rings is 1. The molecule has 1 aromatic heterocycles. The van der Waals surface area contributed by atoms with Crippen LogP contribution in [0.5, 0.6) is 5.75 Å². The monoisotopic (exact) mass is 472 g/mol. The van der Waals surface area contributed by atoms with Crippen LogP contribution >= 0.6 is 11.6 Å². The molecule has 1 aliphatic heterocycles. The van der Waals surface area contributed by atoms with Crippen LogP contribution in [0.15, 0.2) is 24.4 Å². The van der Waals surface area contributed by atoms with Crippen LogP contribution in [0.4, 0.5) is 4.39 Å². The van der Waals surface area contributed by atoms with E-state index in [2.05, 4.69) is 4.98 Å². The summed E-state index contributed by atoms with van der Waals surface area (Å²) in [6.45, 7) is 2.16. The standard InChI is InChI=1S/C25H26ClFN2O4/c1-13(33-16-9-20(26)23(28-12-16)15-6-7-15)17-11-21(27)19(10-18(17)14-4-5-14)24(30)29-8-2-3-22(29)25(31)32/h9-15,22H,2-8H2,1H3,(H,31,32)/t13?,22-/m0/s1. The number of ether oxygens (including phenoxy) is 1.